The molecular weight excluding hydrogens is 376 g/mol. The molecule has 2 N–H and O–H groups in total. The van der Waals surface area contributed by atoms with Crippen LogP contribution >= 0.6 is 0 Å². The van der Waals surface area contributed by atoms with Crippen LogP contribution in [0.4, 0.5) is 17.1 Å². The molecule has 0 spiro atoms. The molecule has 29 heavy (non-hydrogen) atoms. The van der Waals surface area contributed by atoms with Crippen molar-refractivity contribution in [1.82, 2.24) is 0 Å². The first-order valence-corrected chi connectivity index (χ1v) is 8.88. The van der Waals surface area contributed by atoms with Crippen molar-refractivity contribution in [2.75, 3.05) is 17.2 Å². The number of nitrogens with zero attached hydrogens (tertiary/aromatic N) is 2. The summed E-state index contributed by atoms with van der Waals surface area (Å²) in [4.78, 5) is 34.5. The lowest BCUT2D eigenvalue weighted by Crippen LogP contribution is -2.30. The Labute approximate surface area is 167 Å². The van der Waals surface area contributed by atoms with Crippen LogP contribution in [0.15, 0.2) is 48.5 Å². The molecule has 0 heterocycles. The molecule has 0 bridgehead atoms. The highest BCUT2D eigenvalue weighted by Gasteiger charge is 2.18. The van der Waals surface area contributed by atoms with E-state index in [1.807, 2.05) is 6.07 Å². The van der Waals surface area contributed by atoms with Gasteiger partial charge in [-0.05, 0) is 37.6 Å². The van der Waals surface area contributed by atoms with E-state index in [0.29, 0.717) is 29.9 Å². The third-order valence-electron chi connectivity index (χ3n) is 3.91. The van der Waals surface area contributed by atoms with Gasteiger partial charge in [0.15, 0.2) is 6.10 Å². The quantitative estimate of drug-likeness (QED) is 0.287. The standard InChI is InChI=1S/C20H20N4O5/c1-14(20(26)23-16-7-4-6-15(12-16)13-21)29-19(25)10-5-11-22-17-8-2-3-9-18(17)24(27)28/h2-4,6-9,12,14,22H,5,10-11H2,1H3,(H,23,26)/t14-/m0/s1. The van der Waals surface area contributed by atoms with Crippen molar-refractivity contribution in [3.8, 4) is 6.07 Å². The summed E-state index contributed by atoms with van der Waals surface area (Å²) in [6, 6.07) is 14.6. The zero-order chi connectivity index (χ0) is 21.2. The molecule has 0 aromatic heterocycles. The van der Waals surface area contributed by atoms with E-state index in [4.69, 9.17) is 10.00 Å². The van der Waals surface area contributed by atoms with Crippen LogP contribution in [0.5, 0.6) is 0 Å². The summed E-state index contributed by atoms with van der Waals surface area (Å²) >= 11 is 0. The number of esters is 1. The Bertz CT molecular complexity index is 938. The molecule has 0 saturated carbocycles. The summed E-state index contributed by atoms with van der Waals surface area (Å²) < 4.78 is 5.10. The van der Waals surface area contributed by atoms with E-state index < -0.39 is 22.9 Å². The summed E-state index contributed by atoms with van der Waals surface area (Å²) in [5.74, 6) is -1.06. The Kier molecular flexibility index (Phi) is 7.68. The third-order valence-corrected chi connectivity index (χ3v) is 3.91. The second-order valence-electron chi connectivity index (χ2n) is 6.12. The minimum atomic E-state index is -1.00. The number of amides is 1. The van der Waals surface area contributed by atoms with Gasteiger partial charge in [-0.25, -0.2) is 0 Å². The van der Waals surface area contributed by atoms with Crippen LogP contribution in [0.25, 0.3) is 0 Å². The number of rotatable bonds is 9. The fourth-order valence-corrected chi connectivity index (χ4v) is 2.46. The Morgan fingerprint density at radius 2 is 2.00 bits per heavy atom. The predicted octanol–water partition coefficient (Wildman–Crippen LogP) is 3.23. The first-order chi connectivity index (χ1) is 13.9. The van der Waals surface area contributed by atoms with Crippen molar-refractivity contribution in [2.24, 2.45) is 0 Å². The number of ether oxygens (including phenoxy) is 1. The number of nitrogens with one attached hydrogen (secondary N) is 2. The zero-order valence-corrected chi connectivity index (χ0v) is 15.8. The van der Waals surface area contributed by atoms with Gasteiger partial charge in [0.2, 0.25) is 0 Å². The second-order valence-corrected chi connectivity index (χ2v) is 6.12. The molecule has 0 saturated heterocycles. The average Bonchev–Trinajstić information content (AvgIpc) is 2.71. The molecule has 150 valence electrons. The molecule has 0 aliphatic carbocycles. The van der Waals surface area contributed by atoms with Crippen LogP contribution in [-0.4, -0.2) is 29.4 Å². The van der Waals surface area contributed by atoms with E-state index in [9.17, 15) is 19.7 Å². The number of para-hydroxylation sites is 2. The van der Waals surface area contributed by atoms with Gasteiger partial charge in [0.25, 0.3) is 11.6 Å². The largest absolute Gasteiger partial charge is 0.453 e. The number of nitriles is 1. The Morgan fingerprint density at radius 3 is 2.72 bits per heavy atom. The summed E-state index contributed by atoms with van der Waals surface area (Å²) in [7, 11) is 0. The van der Waals surface area contributed by atoms with Crippen LogP contribution in [0.1, 0.15) is 25.3 Å². The topological polar surface area (TPSA) is 134 Å². The van der Waals surface area contributed by atoms with Gasteiger partial charge in [-0.2, -0.15) is 5.26 Å². The van der Waals surface area contributed by atoms with Crippen molar-refractivity contribution in [2.45, 2.75) is 25.9 Å². The van der Waals surface area contributed by atoms with Crippen LogP contribution in [0.2, 0.25) is 0 Å². The molecule has 0 unspecified atom stereocenters. The molecule has 2 aromatic rings. The van der Waals surface area contributed by atoms with E-state index in [-0.39, 0.29) is 12.1 Å². The number of carbonyl (C=O) groups is 2. The molecule has 9 heteroatoms. The van der Waals surface area contributed by atoms with Crippen LogP contribution in [-0.2, 0) is 14.3 Å². The molecule has 0 radical (unpaired) electrons. The fraction of sp³-hybridized carbons (Fsp3) is 0.250. The monoisotopic (exact) mass is 396 g/mol. The normalized spacial score (nSPS) is 11.0. The van der Waals surface area contributed by atoms with Gasteiger partial charge in [0.05, 0.1) is 16.6 Å². The Morgan fingerprint density at radius 1 is 1.24 bits per heavy atom. The minimum Gasteiger partial charge on any atom is -0.453 e. The van der Waals surface area contributed by atoms with Crippen molar-refractivity contribution < 1.29 is 19.2 Å². The number of hydrogen-bond donors (Lipinski definition) is 2. The SMILES string of the molecule is C[C@H](OC(=O)CCCNc1ccccc1[N+](=O)[O-])C(=O)Nc1cccc(C#N)c1. The molecule has 0 fully saturated rings. The lowest BCUT2D eigenvalue weighted by molar-refractivity contribution is -0.384. The van der Waals surface area contributed by atoms with Gasteiger partial charge < -0.3 is 15.4 Å². The highest BCUT2D eigenvalue weighted by molar-refractivity contribution is 5.95. The molecule has 0 aliphatic rings. The lowest BCUT2D eigenvalue weighted by atomic mass is 10.2. The van der Waals surface area contributed by atoms with E-state index in [1.165, 1.54) is 19.1 Å². The summed E-state index contributed by atoms with van der Waals surface area (Å²) in [6.07, 6.45) is -0.574. The number of nitro groups is 1. The van der Waals surface area contributed by atoms with Crippen molar-refractivity contribution in [3.63, 3.8) is 0 Å². The highest BCUT2D eigenvalue weighted by Crippen LogP contribution is 2.23. The van der Waals surface area contributed by atoms with E-state index in [0.717, 1.165) is 0 Å². The maximum absolute atomic E-state index is 12.1. The third kappa shape index (κ3) is 6.62. The molecule has 1 amide bonds. The van der Waals surface area contributed by atoms with E-state index in [1.54, 1.807) is 36.4 Å². The lowest BCUT2D eigenvalue weighted by Gasteiger charge is -2.14. The van der Waals surface area contributed by atoms with Gasteiger partial charge in [-0.1, -0.05) is 18.2 Å². The minimum absolute atomic E-state index is 0.0409. The number of anilines is 2. The number of hydrogen-bond acceptors (Lipinski definition) is 7. The van der Waals surface area contributed by atoms with Crippen LogP contribution in [0.3, 0.4) is 0 Å². The van der Waals surface area contributed by atoms with Gasteiger partial charge in [0.1, 0.15) is 5.69 Å². The van der Waals surface area contributed by atoms with E-state index in [2.05, 4.69) is 10.6 Å². The first kappa shape index (κ1) is 21.4. The fourth-order valence-electron chi connectivity index (χ4n) is 2.46. The molecule has 2 rings (SSSR count). The maximum Gasteiger partial charge on any atom is 0.306 e. The molecule has 0 aliphatic heterocycles. The van der Waals surface area contributed by atoms with Crippen molar-refractivity contribution in [1.29, 1.82) is 5.26 Å². The van der Waals surface area contributed by atoms with Gasteiger partial charge in [-0.3, -0.25) is 19.7 Å². The van der Waals surface area contributed by atoms with Gasteiger partial charge in [-0.15, -0.1) is 0 Å². The summed E-state index contributed by atoms with van der Waals surface area (Å²) in [5.41, 5.74) is 1.17. The number of nitro benzene ring substituents is 1. The second kappa shape index (κ2) is 10.4. The van der Waals surface area contributed by atoms with Crippen molar-refractivity contribution in [3.05, 3.63) is 64.2 Å². The molecular formula is C20H20N4O5. The summed E-state index contributed by atoms with van der Waals surface area (Å²) in [5, 5.41) is 25.3. The molecule has 1 atom stereocenters. The Hall–Kier alpha value is -3.93. The van der Waals surface area contributed by atoms with Crippen molar-refractivity contribution >= 4 is 28.9 Å². The predicted molar refractivity (Wildman–Crippen MR) is 106 cm³/mol. The smallest absolute Gasteiger partial charge is 0.306 e. The number of benzene rings is 2. The van der Waals surface area contributed by atoms with Crippen LogP contribution < -0.4 is 10.6 Å². The van der Waals surface area contributed by atoms with Gasteiger partial charge in [0, 0.05) is 24.7 Å². The van der Waals surface area contributed by atoms with Gasteiger partial charge >= 0.3 is 5.97 Å². The van der Waals surface area contributed by atoms with E-state index >= 15 is 0 Å². The summed E-state index contributed by atoms with van der Waals surface area (Å²) in [6.45, 7) is 1.79. The molecule has 2 aromatic carbocycles. The average molecular weight is 396 g/mol. The maximum atomic E-state index is 12.1. The Balaban J connectivity index is 1.75. The molecule has 9 nitrogen and oxygen atoms in total. The first-order valence-electron chi connectivity index (χ1n) is 8.88. The number of carbonyl (C=O) groups excluding carboxylic acids is 2. The zero-order valence-electron chi connectivity index (χ0n) is 15.8. The highest BCUT2D eigenvalue weighted by atomic mass is 16.6. The van der Waals surface area contributed by atoms with Crippen LogP contribution in [0, 0.1) is 21.4 Å².